The highest BCUT2D eigenvalue weighted by atomic mass is 15.1. The van der Waals surface area contributed by atoms with Crippen molar-refractivity contribution >= 4 is 21.8 Å². The monoisotopic (exact) mass is 731 g/mol. The van der Waals surface area contributed by atoms with Crippen LogP contribution in [0.4, 0.5) is 0 Å². The molecule has 0 unspecified atom stereocenters. The first-order valence-electron chi connectivity index (χ1n) is 19.2. The van der Waals surface area contributed by atoms with Crippen LogP contribution in [0.2, 0.25) is 0 Å². The van der Waals surface area contributed by atoms with Crippen molar-refractivity contribution in [2.75, 3.05) is 0 Å². The summed E-state index contributed by atoms with van der Waals surface area (Å²) in [6, 6.07) is 63.7. The second kappa shape index (κ2) is 14.3. The number of benzene rings is 7. The molecule has 0 saturated heterocycles. The Labute approximate surface area is 331 Å². The van der Waals surface area contributed by atoms with Crippen molar-refractivity contribution in [3.05, 3.63) is 199 Å². The molecule has 0 fully saturated rings. The maximum absolute atomic E-state index is 5.23. The third kappa shape index (κ3) is 6.25. The van der Waals surface area contributed by atoms with Gasteiger partial charge in [0.15, 0.2) is 17.5 Å². The van der Waals surface area contributed by atoms with Crippen molar-refractivity contribution < 1.29 is 0 Å². The Hall–Kier alpha value is -7.50. The number of hydrogen-bond acceptors (Lipinski definition) is 4. The molecule has 0 radical (unpaired) electrons. The Kier molecular flexibility index (Phi) is 8.53. The fourth-order valence-corrected chi connectivity index (χ4v) is 7.93. The summed E-state index contributed by atoms with van der Waals surface area (Å²) >= 11 is 0. The number of nitrogens with zero attached hydrogens (tertiary/aromatic N) is 5. The topological polar surface area (TPSA) is 56.5 Å². The third-order valence-electron chi connectivity index (χ3n) is 10.8. The molecule has 0 amide bonds. The highest BCUT2D eigenvalue weighted by Crippen LogP contribution is 2.41. The third-order valence-corrected chi connectivity index (χ3v) is 10.8. The molecule has 0 N–H and O–H groups in total. The van der Waals surface area contributed by atoms with E-state index in [9.17, 15) is 0 Å². The van der Waals surface area contributed by atoms with Gasteiger partial charge in [0.25, 0.3) is 0 Å². The van der Waals surface area contributed by atoms with Crippen LogP contribution >= 0.6 is 0 Å². The Morgan fingerprint density at radius 2 is 0.860 bits per heavy atom. The van der Waals surface area contributed by atoms with E-state index in [-0.39, 0.29) is 0 Å². The number of pyridine rings is 1. The first-order valence-corrected chi connectivity index (χ1v) is 19.2. The van der Waals surface area contributed by atoms with Gasteiger partial charge in [-0.3, -0.25) is 4.98 Å². The van der Waals surface area contributed by atoms with Crippen LogP contribution in [0.15, 0.2) is 188 Å². The zero-order valence-corrected chi connectivity index (χ0v) is 31.6. The Morgan fingerprint density at radius 3 is 1.39 bits per heavy atom. The summed E-state index contributed by atoms with van der Waals surface area (Å²) in [6.07, 6.45) is 1.84. The standard InChI is InChI=1S/C52H37N5/c1-34-15-9-11-21-41(34)38-24-27-43-44-28-25-39(42-22-12-10-16-35(42)2)32-48(44)57(47(43)31-38)49-33-40(46-23-13-14-30-53-46)26-29-45(49)52-55-50(36-17-5-3-6-18-36)54-51(56-52)37-19-7-4-8-20-37/h3-33H,1-2H3. The summed E-state index contributed by atoms with van der Waals surface area (Å²) in [7, 11) is 0. The molecule has 0 aliphatic heterocycles. The average Bonchev–Trinajstić information content (AvgIpc) is 3.60. The predicted molar refractivity (Wildman–Crippen MR) is 234 cm³/mol. The zero-order chi connectivity index (χ0) is 38.3. The molecule has 10 aromatic rings. The highest BCUT2D eigenvalue weighted by molar-refractivity contribution is 6.12. The molecule has 3 aromatic heterocycles. The summed E-state index contributed by atoms with van der Waals surface area (Å²) in [5.41, 5.74) is 14.9. The van der Waals surface area contributed by atoms with E-state index in [2.05, 4.69) is 128 Å². The molecule has 0 atom stereocenters. The van der Waals surface area contributed by atoms with Gasteiger partial charge in [0.1, 0.15) is 0 Å². The van der Waals surface area contributed by atoms with Crippen LogP contribution in [0, 0.1) is 13.8 Å². The van der Waals surface area contributed by atoms with Gasteiger partial charge in [-0.05, 0) is 83.6 Å². The normalized spacial score (nSPS) is 11.3. The Morgan fingerprint density at radius 1 is 0.368 bits per heavy atom. The van der Waals surface area contributed by atoms with E-state index >= 15 is 0 Å². The van der Waals surface area contributed by atoms with E-state index in [0.29, 0.717) is 17.5 Å². The summed E-state index contributed by atoms with van der Waals surface area (Å²) < 4.78 is 2.41. The average molecular weight is 732 g/mol. The van der Waals surface area contributed by atoms with Gasteiger partial charge in [0.05, 0.1) is 22.4 Å². The molecule has 3 heterocycles. The van der Waals surface area contributed by atoms with Crippen molar-refractivity contribution in [1.82, 2.24) is 24.5 Å². The quantitative estimate of drug-likeness (QED) is 0.164. The van der Waals surface area contributed by atoms with Crippen LogP contribution in [-0.2, 0) is 0 Å². The summed E-state index contributed by atoms with van der Waals surface area (Å²) in [5.74, 6) is 1.82. The van der Waals surface area contributed by atoms with E-state index in [4.69, 9.17) is 19.9 Å². The summed E-state index contributed by atoms with van der Waals surface area (Å²) in [4.78, 5) is 20.3. The van der Waals surface area contributed by atoms with Crippen LogP contribution in [0.1, 0.15) is 11.1 Å². The summed E-state index contributed by atoms with van der Waals surface area (Å²) in [5, 5.41) is 2.33. The molecule has 5 nitrogen and oxygen atoms in total. The molecular weight excluding hydrogens is 695 g/mol. The predicted octanol–water partition coefficient (Wildman–Crippen LogP) is 13.0. The minimum absolute atomic E-state index is 0.588. The SMILES string of the molecule is Cc1ccccc1-c1ccc2c3ccc(-c4ccccc4C)cc3n(-c3cc(-c4ccccn4)ccc3-c3nc(-c4ccccc4)nc(-c4ccccc4)n3)c2c1. The maximum atomic E-state index is 5.23. The van der Waals surface area contributed by atoms with E-state index in [1.165, 1.54) is 33.0 Å². The van der Waals surface area contributed by atoms with Gasteiger partial charge < -0.3 is 4.57 Å². The van der Waals surface area contributed by atoms with Gasteiger partial charge in [-0.1, -0.05) is 146 Å². The first-order chi connectivity index (χ1) is 28.1. The lowest BCUT2D eigenvalue weighted by Gasteiger charge is -2.17. The van der Waals surface area contributed by atoms with Gasteiger partial charge >= 0.3 is 0 Å². The van der Waals surface area contributed by atoms with Crippen molar-refractivity contribution in [3.8, 4) is 73.4 Å². The Bertz CT molecular complexity index is 2920. The molecule has 0 spiro atoms. The molecular formula is C52H37N5. The van der Waals surface area contributed by atoms with E-state index < -0.39 is 0 Å². The van der Waals surface area contributed by atoms with Crippen LogP contribution < -0.4 is 0 Å². The second-order valence-corrected chi connectivity index (χ2v) is 14.4. The van der Waals surface area contributed by atoms with Gasteiger partial charge in [-0.15, -0.1) is 0 Å². The number of aryl methyl sites for hydroxylation is 2. The fourth-order valence-electron chi connectivity index (χ4n) is 7.93. The second-order valence-electron chi connectivity index (χ2n) is 14.4. The molecule has 0 aliphatic rings. The Balaban J connectivity index is 1.32. The fraction of sp³-hybridized carbons (Fsp3) is 0.0385. The molecule has 10 rings (SSSR count). The lowest BCUT2D eigenvalue weighted by molar-refractivity contribution is 1.06. The number of hydrogen-bond donors (Lipinski definition) is 0. The lowest BCUT2D eigenvalue weighted by Crippen LogP contribution is -2.04. The van der Waals surface area contributed by atoms with Crippen molar-refractivity contribution in [1.29, 1.82) is 0 Å². The summed E-state index contributed by atoms with van der Waals surface area (Å²) in [6.45, 7) is 4.35. The molecule has 270 valence electrons. The van der Waals surface area contributed by atoms with Crippen molar-refractivity contribution in [2.45, 2.75) is 13.8 Å². The van der Waals surface area contributed by atoms with Crippen molar-refractivity contribution in [2.24, 2.45) is 0 Å². The first kappa shape index (κ1) is 34.0. The van der Waals surface area contributed by atoms with Gasteiger partial charge in [-0.2, -0.15) is 0 Å². The van der Waals surface area contributed by atoms with Crippen LogP contribution in [0.5, 0.6) is 0 Å². The molecule has 0 bridgehead atoms. The molecule has 7 aromatic carbocycles. The lowest BCUT2D eigenvalue weighted by atomic mass is 9.98. The minimum atomic E-state index is 0.588. The minimum Gasteiger partial charge on any atom is -0.308 e. The molecule has 0 aliphatic carbocycles. The van der Waals surface area contributed by atoms with Gasteiger partial charge in [0.2, 0.25) is 0 Å². The largest absolute Gasteiger partial charge is 0.308 e. The van der Waals surface area contributed by atoms with Crippen LogP contribution in [0.3, 0.4) is 0 Å². The molecule has 5 heteroatoms. The smallest absolute Gasteiger partial charge is 0.166 e. The number of fused-ring (bicyclic) bond motifs is 3. The molecule has 57 heavy (non-hydrogen) atoms. The number of rotatable bonds is 7. The highest BCUT2D eigenvalue weighted by Gasteiger charge is 2.22. The van der Waals surface area contributed by atoms with E-state index in [0.717, 1.165) is 55.8 Å². The van der Waals surface area contributed by atoms with Crippen molar-refractivity contribution in [3.63, 3.8) is 0 Å². The van der Waals surface area contributed by atoms with Gasteiger partial charge in [0, 0.05) is 39.2 Å². The maximum Gasteiger partial charge on any atom is 0.166 e. The van der Waals surface area contributed by atoms with E-state index in [1.54, 1.807) is 0 Å². The van der Waals surface area contributed by atoms with Crippen LogP contribution in [-0.4, -0.2) is 24.5 Å². The van der Waals surface area contributed by atoms with E-state index in [1.807, 2.05) is 79.0 Å². The molecule has 0 saturated carbocycles. The van der Waals surface area contributed by atoms with Gasteiger partial charge in [-0.25, -0.2) is 15.0 Å². The number of aromatic nitrogens is 5. The van der Waals surface area contributed by atoms with Crippen LogP contribution in [0.25, 0.3) is 95.2 Å². The zero-order valence-electron chi connectivity index (χ0n) is 31.6.